The van der Waals surface area contributed by atoms with Gasteiger partial charge in [0.25, 0.3) is 0 Å². The molecule has 1 atom stereocenters. The molecule has 0 aliphatic heterocycles. The number of ether oxygens (including phenoxy) is 1. The van der Waals surface area contributed by atoms with Gasteiger partial charge in [0.2, 0.25) is 10.0 Å². The number of alkyl halides is 3. The molecule has 1 aromatic rings. The molecule has 1 aromatic carbocycles. The summed E-state index contributed by atoms with van der Waals surface area (Å²) in [4.78, 5) is -0.449. The summed E-state index contributed by atoms with van der Waals surface area (Å²) < 4.78 is 69.2. The van der Waals surface area contributed by atoms with Crippen molar-refractivity contribution in [1.82, 2.24) is 4.72 Å². The summed E-state index contributed by atoms with van der Waals surface area (Å²) in [6.45, 7) is 0.300. The molecule has 0 saturated carbocycles. The van der Waals surface area contributed by atoms with Gasteiger partial charge in [-0.05, 0) is 31.2 Å². The summed E-state index contributed by atoms with van der Waals surface area (Å²) >= 11 is 0. The Kier molecular flexibility index (Phi) is 6.14. The van der Waals surface area contributed by atoms with E-state index in [4.69, 9.17) is 10.5 Å². The van der Waals surface area contributed by atoms with Gasteiger partial charge >= 0.3 is 6.18 Å². The summed E-state index contributed by atoms with van der Waals surface area (Å²) in [5.74, 6) is 0. The molecule has 0 fully saturated rings. The lowest BCUT2D eigenvalue weighted by Gasteiger charge is -2.17. The molecule has 0 aromatic heterocycles. The smallest absolute Gasteiger partial charge is 0.383 e. The van der Waals surface area contributed by atoms with Gasteiger partial charge in [-0.25, -0.2) is 13.1 Å². The summed E-state index contributed by atoms with van der Waals surface area (Å²) in [7, 11) is -2.68. The monoisotopic (exact) mass is 326 g/mol. The van der Waals surface area contributed by atoms with E-state index in [-0.39, 0.29) is 13.2 Å². The maximum absolute atomic E-state index is 12.6. The van der Waals surface area contributed by atoms with Crippen LogP contribution >= 0.6 is 0 Å². The molecule has 0 aliphatic carbocycles. The summed E-state index contributed by atoms with van der Waals surface area (Å²) in [6.07, 6.45) is -4.29. The van der Waals surface area contributed by atoms with Crippen molar-refractivity contribution in [2.75, 3.05) is 20.3 Å². The van der Waals surface area contributed by atoms with Crippen molar-refractivity contribution in [3.63, 3.8) is 0 Å². The highest BCUT2D eigenvalue weighted by molar-refractivity contribution is 7.89. The minimum atomic E-state index is -4.60. The molecule has 0 spiro atoms. The van der Waals surface area contributed by atoms with Crippen LogP contribution < -0.4 is 10.5 Å². The summed E-state index contributed by atoms with van der Waals surface area (Å²) in [6, 6.07) is 2.95. The Bertz CT molecular complexity index is 555. The lowest BCUT2D eigenvalue weighted by Crippen LogP contribution is -2.39. The molecular formula is C12H17F3N2O3S. The van der Waals surface area contributed by atoms with Crippen molar-refractivity contribution in [2.24, 2.45) is 5.73 Å². The lowest BCUT2D eigenvalue weighted by atomic mass is 10.2. The Balaban J connectivity index is 3.02. The summed E-state index contributed by atoms with van der Waals surface area (Å²) in [5.41, 5.74) is 4.34. The second kappa shape index (κ2) is 7.21. The zero-order valence-electron chi connectivity index (χ0n) is 11.4. The van der Waals surface area contributed by atoms with Crippen LogP contribution in [-0.4, -0.2) is 34.7 Å². The van der Waals surface area contributed by atoms with Gasteiger partial charge < -0.3 is 10.5 Å². The average Bonchev–Trinajstić information content (AvgIpc) is 2.38. The number of nitrogens with one attached hydrogen (secondary N) is 1. The topological polar surface area (TPSA) is 81.4 Å². The first-order valence-corrected chi connectivity index (χ1v) is 7.57. The second-order valence-electron chi connectivity index (χ2n) is 4.38. The molecule has 0 amide bonds. The maximum atomic E-state index is 12.6. The highest BCUT2D eigenvalue weighted by atomic mass is 32.2. The molecule has 120 valence electrons. The van der Waals surface area contributed by atoms with Crippen LogP contribution in [0.3, 0.4) is 0 Å². The highest BCUT2D eigenvalue weighted by Crippen LogP contribution is 2.30. The number of hydrogen-bond acceptors (Lipinski definition) is 4. The Hall–Kier alpha value is -1.16. The van der Waals surface area contributed by atoms with E-state index in [1.807, 2.05) is 0 Å². The van der Waals surface area contributed by atoms with Crippen LogP contribution in [0.15, 0.2) is 29.2 Å². The van der Waals surface area contributed by atoms with Crippen molar-refractivity contribution < 1.29 is 26.3 Å². The maximum Gasteiger partial charge on any atom is 0.416 e. The Morgan fingerprint density at radius 3 is 2.57 bits per heavy atom. The first kappa shape index (κ1) is 17.9. The minimum absolute atomic E-state index is 0.0788. The zero-order valence-corrected chi connectivity index (χ0v) is 12.2. The Morgan fingerprint density at radius 1 is 1.38 bits per heavy atom. The molecule has 5 nitrogen and oxygen atoms in total. The first-order valence-electron chi connectivity index (χ1n) is 6.09. The summed E-state index contributed by atoms with van der Waals surface area (Å²) in [5, 5.41) is 0. The van der Waals surface area contributed by atoms with Gasteiger partial charge in [-0.15, -0.1) is 0 Å². The number of hydrogen-bond donors (Lipinski definition) is 2. The molecule has 9 heteroatoms. The third-order valence-corrected chi connectivity index (χ3v) is 4.19. The van der Waals surface area contributed by atoms with Gasteiger partial charge in [0.05, 0.1) is 17.1 Å². The van der Waals surface area contributed by atoms with E-state index in [9.17, 15) is 21.6 Å². The van der Waals surface area contributed by atoms with Crippen LogP contribution in [0.1, 0.15) is 12.0 Å². The van der Waals surface area contributed by atoms with Gasteiger partial charge in [-0.2, -0.15) is 13.2 Å². The molecule has 21 heavy (non-hydrogen) atoms. The van der Waals surface area contributed by atoms with Gasteiger partial charge in [0, 0.05) is 13.2 Å². The van der Waals surface area contributed by atoms with Crippen molar-refractivity contribution in [2.45, 2.75) is 23.5 Å². The molecule has 1 rings (SSSR count). The number of sulfonamides is 1. The molecule has 0 radical (unpaired) electrons. The Morgan fingerprint density at radius 2 is 2.05 bits per heavy atom. The number of nitrogens with two attached hydrogens (primary N) is 1. The lowest BCUT2D eigenvalue weighted by molar-refractivity contribution is -0.137. The first-order chi connectivity index (χ1) is 9.70. The SMILES string of the molecule is COCC(CCN)NS(=O)(=O)c1cccc(C(F)(F)F)c1. The van der Waals surface area contributed by atoms with E-state index >= 15 is 0 Å². The van der Waals surface area contributed by atoms with E-state index in [1.54, 1.807) is 0 Å². The van der Waals surface area contributed by atoms with E-state index in [1.165, 1.54) is 7.11 Å². The largest absolute Gasteiger partial charge is 0.416 e. The van der Waals surface area contributed by atoms with Crippen LogP contribution in [0.2, 0.25) is 0 Å². The predicted octanol–water partition coefficient (Wildman–Crippen LogP) is 1.35. The molecule has 1 unspecified atom stereocenters. The standard InChI is InChI=1S/C12H17F3N2O3S/c1-20-8-10(5-6-16)17-21(18,19)11-4-2-3-9(7-11)12(13,14)15/h2-4,7,10,17H,5-6,8,16H2,1H3. The number of rotatable bonds is 7. The van der Waals surface area contributed by atoms with Crippen LogP contribution in [0.4, 0.5) is 13.2 Å². The third-order valence-electron chi connectivity index (χ3n) is 2.68. The molecule has 3 N–H and O–H groups in total. The van der Waals surface area contributed by atoms with Crippen molar-refractivity contribution in [3.8, 4) is 0 Å². The third kappa shape index (κ3) is 5.27. The van der Waals surface area contributed by atoms with Crippen molar-refractivity contribution in [3.05, 3.63) is 29.8 Å². The number of halogens is 3. The molecule has 0 heterocycles. The highest BCUT2D eigenvalue weighted by Gasteiger charge is 2.32. The molecule has 0 bridgehead atoms. The van der Waals surface area contributed by atoms with Gasteiger partial charge in [0.15, 0.2) is 0 Å². The van der Waals surface area contributed by atoms with Gasteiger partial charge in [0.1, 0.15) is 0 Å². The van der Waals surface area contributed by atoms with Crippen LogP contribution in [0.5, 0.6) is 0 Å². The van der Waals surface area contributed by atoms with Crippen molar-refractivity contribution >= 4 is 10.0 Å². The predicted molar refractivity (Wildman–Crippen MR) is 71.1 cm³/mol. The Labute approximate surface area is 121 Å². The van der Waals surface area contributed by atoms with Crippen LogP contribution in [0.25, 0.3) is 0 Å². The number of benzene rings is 1. The van der Waals surface area contributed by atoms with E-state index in [0.717, 1.165) is 18.2 Å². The molecular weight excluding hydrogens is 309 g/mol. The van der Waals surface area contributed by atoms with Crippen molar-refractivity contribution in [1.29, 1.82) is 0 Å². The van der Waals surface area contributed by atoms with E-state index in [0.29, 0.717) is 12.5 Å². The quantitative estimate of drug-likeness (QED) is 0.792. The molecule has 0 saturated heterocycles. The van der Waals surface area contributed by atoms with Gasteiger partial charge in [-0.3, -0.25) is 0 Å². The molecule has 0 aliphatic rings. The minimum Gasteiger partial charge on any atom is -0.383 e. The number of methoxy groups -OCH3 is 1. The van der Waals surface area contributed by atoms with Gasteiger partial charge in [-0.1, -0.05) is 6.07 Å². The van der Waals surface area contributed by atoms with E-state index in [2.05, 4.69) is 4.72 Å². The normalized spacial score (nSPS) is 14.1. The second-order valence-corrected chi connectivity index (χ2v) is 6.09. The fourth-order valence-corrected chi connectivity index (χ4v) is 3.01. The van der Waals surface area contributed by atoms with E-state index < -0.39 is 32.7 Å². The van der Waals surface area contributed by atoms with Crippen LogP contribution in [-0.2, 0) is 20.9 Å². The zero-order chi connectivity index (χ0) is 16.1. The van der Waals surface area contributed by atoms with Crippen LogP contribution in [0, 0.1) is 0 Å². The fraction of sp³-hybridized carbons (Fsp3) is 0.500. The average molecular weight is 326 g/mol. The fourth-order valence-electron chi connectivity index (χ4n) is 1.71.